The van der Waals surface area contributed by atoms with Crippen LogP contribution in [-0.4, -0.2) is 16.2 Å². The van der Waals surface area contributed by atoms with E-state index >= 15 is 0 Å². The maximum atomic E-state index is 10.5. The minimum Gasteiger partial charge on any atom is -0.508 e. The molecule has 0 saturated carbocycles. The Balaban J connectivity index is 2.36. The third-order valence-electron chi connectivity index (χ3n) is 3.02. The second-order valence-electron chi connectivity index (χ2n) is 4.44. The van der Waals surface area contributed by atoms with Gasteiger partial charge in [-0.1, -0.05) is 17.7 Å². The minimum absolute atomic E-state index is 0.0335. The fraction of sp³-hybridized carbons (Fsp3) is 0.214. The summed E-state index contributed by atoms with van der Waals surface area (Å²) in [7, 11) is 0. The van der Waals surface area contributed by atoms with Gasteiger partial charge in [0.15, 0.2) is 0 Å². The largest absolute Gasteiger partial charge is 0.508 e. The molecule has 2 aromatic carbocycles. The topological polar surface area (TPSA) is 83.6 Å². The zero-order valence-corrected chi connectivity index (χ0v) is 10.9. The highest BCUT2D eigenvalue weighted by Crippen LogP contribution is 2.31. The lowest BCUT2D eigenvalue weighted by Gasteiger charge is -2.14. The summed E-state index contributed by atoms with van der Waals surface area (Å²) in [6, 6.07) is 8.19. The Labute approximate surface area is 115 Å². The van der Waals surface area contributed by atoms with Gasteiger partial charge < -0.3 is 15.9 Å². The molecule has 0 aliphatic heterocycles. The number of phenols is 1. The molecule has 0 bridgehead atoms. The maximum absolute atomic E-state index is 10.5. The molecule has 19 heavy (non-hydrogen) atoms. The Morgan fingerprint density at radius 3 is 2.68 bits per heavy atom. The summed E-state index contributed by atoms with van der Waals surface area (Å²) in [5.41, 5.74) is 6.45. The van der Waals surface area contributed by atoms with Gasteiger partial charge in [-0.05, 0) is 41.5 Å². The van der Waals surface area contributed by atoms with Crippen LogP contribution in [0.1, 0.15) is 24.4 Å². The van der Waals surface area contributed by atoms with Crippen LogP contribution in [0.3, 0.4) is 0 Å². The van der Waals surface area contributed by atoms with Gasteiger partial charge in [0.05, 0.1) is 0 Å². The Hall–Kier alpha value is -1.78. The third-order valence-corrected chi connectivity index (χ3v) is 3.25. The van der Waals surface area contributed by atoms with Gasteiger partial charge in [-0.15, -0.1) is 0 Å². The van der Waals surface area contributed by atoms with Crippen LogP contribution in [0.2, 0.25) is 5.02 Å². The summed E-state index contributed by atoms with van der Waals surface area (Å²) >= 11 is 5.92. The van der Waals surface area contributed by atoms with E-state index in [1.54, 1.807) is 24.3 Å². The Kier molecular flexibility index (Phi) is 3.93. The standard InChI is InChI=1S/C14H14ClNO3/c15-10-2-1-8-7-13(17)11(6-9(8)5-10)12(16)3-4-14(18)19/h1-2,5-7,12,17H,3-4,16H2,(H,18,19). The monoisotopic (exact) mass is 279 g/mol. The van der Waals surface area contributed by atoms with E-state index < -0.39 is 12.0 Å². The summed E-state index contributed by atoms with van der Waals surface area (Å²) in [4.78, 5) is 10.5. The van der Waals surface area contributed by atoms with Crippen molar-refractivity contribution < 1.29 is 15.0 Å². The zero-order chi connectivity index (χ0) is 14.0. The van der Waals surface area contributed by atoms with E-state index in [-0.39, 0.29) is 18.6 Å². The first-order chi connectivity index (χ1) is 8.97. The van der Waals surface area contributed by atoms with Crippen LogP contribution in [0.4, 0.5) is 0 Å². The lowest BCUT2D eigenvalue weighted by atomic mass is 9.98. The molecule has 0 heterocycles. The highest BCUT2D eigenvalue weighted by Gasteiger charge is 2.13. The van der Waals surface area contributed by atoms with Crippen molar-refractivity contribution in [3.05, 3.63) is 40.9 Å². The zero-order valence-electron chi connectivity index (χ0n) is 10.1. The van der Waals surface area contributed by atoms with Crippen molar-refractivity contribution >= 4 is 28.3 Å². The molecule has 0 spiro atoms. The van der Waals surface area contributed by atoms with Crippen molar-refractivity contribution in [2.24, 2.45) is 5.73 Å². The first-order valence-corrected chi connectivity index (χ1v) is 6.24. The lowest BCUT2D eigenvalue weighted by Crippen LogP contribution is -2.12. The van der Waals surface area contributed by atoms with Crippen LogP contribution >= 0.6 is 11.6 Å². The minimum atomic E-state index is -0.904. The molecule has 4 nitrogen and oxygen atoms in total. The van der Waals surface area contributed by atoms with Crippen LogP contribution in [0, 0.1) is 0 Å². The van der Waals surface area contributed by atoms with E-state index in [1.807, 2.05) is 6.07 Å². The number of nitrogens with two attached hydrogens (primary N) is 1. The van der Waals surface area contributed by atoms with Gasteiger partial charge in [0.25, 0.3) is 0 Å². The molecule has 4 N–H and O–H groups in total. The number of fused-ring (bicyclic) bond motifs is 1. The number of rotatable bonds is 4. The van der Waals surface area contributed by atoms with E-state index in [1.165, 1.54) is 0 Å². The lowest BCUT2D eigenvalue weighted by molar-refractivity contribution is -0.137. The SMILES string of the molecule is NC(CCC(=O)O)c1cc2cc(Cl)ccc2cc1O. The number of benzene rings is 2. The highest BCUT2D eigenvalue weighted by atomic mass is 35.5. The molecule has 1 unspecified atom stereocenters. The van der Waals surface area contributed by atoms with Gasteiger partial charge in [-0.25, -0.2) is 0 Å². The normalized spacial score (nSPS) is 12.5. The number of halogens is 1. The van der Waals surface area contributed by atoms with Gasteiger partial charge in [-0.2, -0.15) is 0 Å². The molecule has 0 aromatic heterocycles. The van der Waals surface area contributed by atoms with Gasteiger partial charge in [-0.3, -0.25) is 4.79 Å². The summed E-state index contributed by atoms with van der Waals surface area (Å²) < 4.78 is 0. The molecule has 2 aromatic rings. The Bertz CT molecular complexity index is 627. The average molecular weight is 280 g/mol. The number of carboxylic acid groups (broad SMARTS) is 1. The number of carboxylic acids is 1. The van der Waals surface area contributed by atoms with Crippen molar-refractivity contribution in [3.63, 3.8) is 0 Å². The summed E-state index contributed by atoms with van der Waals surface area (Å²) in [5.74, 6) is -0.827. The summed E-state index contributed by atoms with van der Waals surface area (Å²) in [6.45, 7) is 0. The molecule has 0 amide bonds. The van der Waals surface area contributed by atoms with E-state index in [0.29, 0.717) is 10.6 Å². The number of carbonyl (C=O) groups is 1. The molecule has 0 radical (unpaired) electrons. The van der Waals surface area contributed by atoms with Gasteiger partial charge in [0.2, 0.25) is 0 Å². The average Bonchev–Trinajstić information content (AvgIpc) is 2.35. The van der Waals surface area contributed by atoms with E-state index in [9.17, 15) is 9.90 Å². The first kappa shape index (κ1) is 13.6. The molecule has 5 heteroatoms. The highest BCUT2D eigenvalue weighted by molar-refractivity contribution is 6.31. The van der Waals surface area contributed by atoms with Gasteiger partial charge in [0, 0.05) is 23.0 Å². The van der Waals surface area contributed by atoms with Crippen molar-refractivity contribution in [2.75, 3.05) is 0 Å². The number of hydrogen-bond acceptors (Lipinski definition) is 3. The van der Waals surface area contributed by atoms with E-state index in [4.69, 9.17) is 22.4 Å². The third kappa shape index (κ3) is 3.16. The molecule has 0 fully saturated rings. The van der Waals surface area contributed by atoms with E-state index in [0.717, 1.165) is 10.8 Å². The van der Waals surface area contributed by atoms with Gasteiger partial charge in [0.1, 0.15) is 5.75 Å². The fourth-order valence-electron chi connectivity index (χ4n) is 2.01. The molecule has 0 aliphatic rings. The molecule has 0 aliphatic carbocycles. The summed E-state index contributed by atoms with van der Waals surface area (Å²) in [6.07, 6.45) is 0.239. The molecule has 2 rings (SSSR count). The molecule has 1 atom stereocenters. The predicted octanol–water partition coefficient (Wildman–Crippen LogP) is 3.06. The summed E-state index contributed by atoms with van der Waals surface area (Å²) in [5, 5.41) is 20.9. The number of hydrogen-bond donors (Lipinski definition) is 3. The number of aromatic hydroxyl groups is 1. The molecule has 100 valence electrons. The number of aliphatic carboxylic acids is 1. The smallest absolute Gasteiger partial charge is 0.303 e. The molecular weight excluding hydrogens is 266 g/mol. The van der Waals surface area contributed by atoms with Crippen molar-refractivity contribution in [1.29, 1.82) is 0 Å². The quantitative estimate of drug-likeness (QED) is 0.803. The Morgan fingerprint density at radius 1 is 1.26 bits per heavy atom. The first-order valence-electron chi connectivity index (χ1n) is 5.87. The van der Waals surface area contributed by atoms with Crippen LogP contribution in [-0.2, 0) is 4.79 Å². The predicted molar refractivity (Wildman–Crippen MR) is 74.4 cm³/mol. The molecule has 0 saturated heterocycles. The maximum Gasteiger partial charge on any atom is 0.303 e. The Morgan fingerprint density at radius 2 is 2.00 bits per heavy atom. The fourth-order valence-corrected chi connectivity index (χ4v) is 2.19. The van der Waals surface area contributed by atoms with Crippen molar-refractivity contribution in [3.8, 4) is 5.75 Å². The van der Waals surface area contributed by atoms with Gasteiger partial charge >= 0.3 is 5.97 Å². The van der Waals surface area contributed by atoms with Crippen molar-refractivity contribution in [2.45, 2.75) is 18.9 Å². The van der Waals surface area contributed by atoms with Crippen LogP contribution < -0.4 is 5.73 Å². The van der Waals surface area contributed by atoms with Crippen molar-refractivity contribution in [1.82, 2.24) is 0 Å². The second-order valence-corrected chi connectivity index (χ2v) is 4.88. The van der Waals surface area contributed by atoms with E-state index in [2.05, 4.69) is 0 Å². The van der Waals surface area contributed by atoms with Crippen LogP contribution in [0.15, 0.2) is 30.3 Å². The van der Waals surface area contributed by atoms with Crippen LogP contribution in [0.5, 0.6) is 5.75 Å². The number of phenolic OH excluding ortho intramolecular Hbond substituents is 1. The van der Waals surface area contributed by atoms with Crippen LogP contribution in [0.25, 0.3) is 10.8 Å². The molecular formula is C14H14ClNO3. The second kappa shape index (κ2) is 5.47.